The average molecular weight is 303 g/mol. The van der Waals surface area contributed by atoms with Crippen LogP contribution in [0.4, 0.5) is 5.69 Å². The summed E-state index contributed by atoms with van der Waals surface area (Å²) in [6.45, 7) is 1.69. The number of amides is 1. The van der Waals surface area contributed by atoms with Gasteiger partial charge < -0.3 is 14.8 Å². The zero-order chi connectivity index (χ0) is 15.6. The second kappa shape index (κ2) is 8.96. The average Bonchev–Trinajstić information content (AvgIpc) is 3.05. The first-order valence-electron chi connectivity index (χ1n) is 7.26. The maximum Gasteiger partial charge on any atom is 0.224 e. The van der Waals surface area contributed by atoms with Crippen molar-refractivity contribution in [3.63, 3.8) is 0 Å². The minimum Gasteiger partial charge on any atom is -0.382 e. The lowest BCUT2D eigenvalue weighted by molar-refractivity contribution is -0.116. The van der Waals surface area contributed by atoms with Crippen molar-refractivity contribution in [1.29, 1.82) is 0 Å². The van der Waals surface area contributed by atoms with Gasteiger partial charge in [-0.05, 0) is 30.7 Å². The fourth-order valence-corrected chi connectivity index (χ4v) is 1.95. The van der Waals surface area contributed by atoms with Gasteiger partial charge in [0.2, 0.25) is 5.91 Å². The normalized spacial score (nSPS) is 10.6. The summed E-state index contributed by atoms with van der Waals surface area (Å²) in [4.78, 5) is 11.9. The van der Waals surface area contributed by atoms with Crippen molar-refractivity contribution in [2.24, 2.45) is 0 Å². The van der Waals surface area contributed by atoms with Crippen molar-refractivity contribution < 1.29 is 14.3 Å². The van der Waals surface area contributed by atoms with E-state index in [0.717, 1.165) is 11.4 Å². The van der Waals surface area contributed by atoms with Gasteiger partial charge >= 0.3 is 0 Å². The second-order valence-electron chi connectivity index (χ2n) is 4.76. The van der Waals surface area contributed by atoms with Crippen LogP contribution in [0.3, 0.4) is 0 Å². The molecule has 22 heavy (non-hydrogen) atoms. The molecule has 0 spiro atoms. The molecular weight excluding hydrogens is 282 g/mol. The van der Waals surface area contributed by atoms with Gasteiger partial charge in [-0.3, -0.25) is 4.79 Å². The highest BCUT2D eigenvalue weighted by atomic mass is 16.5. The second-order valence-corrected chi connectivity index (χ2v) is 4.76. The van der Waals surface area contributed by atoms with E-state index in [2.05, 4.69) is 10.4 Å². The van der Waals surface area contributed by atoms with E-state index >= 15 is 0 Å². The minimum atomic E-state index is -0.0204. The summed E-state index contributed by atoms with van der Waals surface area (Å²) >= 11 is 0. The van der Waals surface area contributed by atoms with E-state index in [1.807, 2.05) is 36.5 Å². The standard InChI is InChI=1S/C16H21N3O3/c1-21-11-12-22-10-3-7-16(20)18-14-5-2-6-15(13-14)19-9-4-8-17-19/h2,4-6,8-9,13H,3,7,10-12H2,1H3,(H,18,20). The molecule has 6 nitrogen and oxygen atoms in total. The summed E-state index contributed by atoms with van der Waals surface area (Å²) < 4.78 is 12.0. The zero-order valence-electron chi connectivity index (χ0n) is 12.7. The number of hydrogen-bond acceptors (Lipinski definition) is 4. The molecule has 0 saturated heterocycles. The van der Waals surface area contributed by atoms with E-state index in [4.69, 9.17) is 9.47 Å². The monoisotopic (exact) mass is 303 g/mol. The third-order valence-corrected chi connectivity index (χ3v) is 3.02. The number of methoxy groups -OCH3 is 1. The summed E-state index contributed by atoms with van der Waals surface area (Å²) in [6, 6.07) is 9.43. The molecule has 2 rings (SSSR count). The molecule has 0 bridgehead atoms. The van der Waals surface area contributed by atoms with Gasteiger partial charge in [-0.15, -0.1) is 0 Å². The number of hydrogen-bond donors (Lipinski definition) is 1. The third-order valence-electron chi connectivity index (χ3n) is 3.02. The molecule has 6 heteroatoms. The van der Waals surface area contributed by atoms with Crippen LogP contribution < -0.4 is 5.32 Å². The Morgan fingerprint density at radius 3 is 2.95 bits per heavy atom. The van der Waals surface area contributed by atoms with Gasteiger partial charge in [0.25, 0.3) is 0 Å². The Morgan fingerprint density at radius 1 is 1.27 bits per heavy atom. The highest BCUT2D eigenvalue weighted by Gasteiger charge is 2.04. The molecule has 0 radical (unpaired) electrons. The SMILES string of the molecule is COCCOCCCC(=O)Nc1cccc(-n2cccn2)c1. The number of rotatable bonds is 9. The van der Waals surface area contributed by atoms with Gasteiger partial charge in [-0.2, -0.15) is 5.10 Å². The molecule has 0 saturated carbocycles. The summed E-state index contributed by atoms with van der Waals surface area (Å²) in [5, 5.41) is 7.06. The van der Waals surface area contributed by atoms with Gasteiger partial charge in [0, 0.05) is 38.2 Å². The predicted molar refractivity (Wildman–Crippen MR) is 84.1 cm³/mol. The molecule has 0 fully saturated rings. The maximum absolute atomic E-state index is 11.9. The van der Waals surface area contributed by atoms with E-state index in [1.54, 1.807) is 18.0 Å². The first kappa shape index (κ1) is 16.2. The molecule has 1 heterocycles. The summed E-state index contributed by atoms with van der Waals surface area (Å²) in [7, 11) is 1.63. The van der Waals surface area contributed by atoms with Crippen LogP contribution in [-0.4, -0.2) is 42.6 Å². The highest BCUT2D eigenvalue weighted by molar-refractivity contribution is 5.90. The molecule has 0 aliphatic carbocycles. The largest absolute Gasteiger partial charge is 0.382 e. The smallest absolute Gasteiger partial charge is 0.224 e. The summed E-state index contributed by atoms with van der Waals surface area (Å²) in [6.07, 6.45) is 4.69. The van der Waals surface area contributed by atoms with Crippen LogP contribution >= 0.6 is 0 Å². The van der Waals surface area contributed by atoms with Crippen LogP contribution in [0.15, 0.2) is 42.7 Å². The Morgan fingerprint density at radius 2 is 2.18 bits per heavy atom. The molecule has 0 atom stereocenters. The topological polar surface area (TPSA) is 65.4 Å². The van der Waals surface area contributed by atoms with Crippen LogP contribution in [0.1, 0.15) is 12.8 Å². The number of nitrogens with zero attached hydrogens (tertiary/aromatic N) is 2. The molecule has 0 unspecified atom stereocenters. The van der Waals surface area contributed by atoms with Crippen LogP contribution in [0, 0.1) is 0 Å². The fourth-order valence-electron chi connectivity index (χ4n) is 1.95. The number of carbonyl (C=O) groups excluding carboxylic acids is 1. The summed E-state index contributed by atoms with van der Waals surface area (Å²) in [5.41, 5.74) is 1.67. The van der Waals surface area contributed by atoms with Crippen LogP contribution in [0.2, 0.25) is 0 Å². The van der Waals surface area contributed by atoms with E-state index in [1.165, 1.54) is 0 Å². The van der Waals surface area contributed by atoms with Crippen LogP contribution in [0.25, 0.3) is 5.69 Å². The molecule has 1 aromatic carbocycles. The zero-order valence-corrected chi connectivity index (χ0v) is 12.7. The fraction of sp³-hybridized carbons (Fsp3) is 0.375. The van der Waals surface area contributed by atoms with Crippen molar-refractivity contribution in [3.8, 4) is 5.69 Å². The molecule has 1 N–H and O–H groups in total. The third kappa shape index (κ3) is 5.31. The number of carbonyl (C=O) groups is 1. The molecule has 1 aromatic heterocycles. The van der Waals surface area contributed by atoms with Crippen molar-refractivity contribution in [1.82, 2.24) is 9.78 Å². The van der Waals surface area contributed by atoms with Crippen LogP contribution in [-0.2, 0) is 14.3 Å². The lowest BCUT2D eigenvalue weighted by Crippen LogP contribution is -2.13. The van der Waals surface area contributed by atoms with Gasteiger partial charge in [0.1, 0.15) is 0 Å². The van der Waals surface area contributed by atoms with E-state index < -0.39 is 0 Å². The van der Waals surface area contributed by atoms with Crippen molar-refractivity contribution in [2.45, 2.75) is 12.8 Å². The number of aromatic nitrogens is 2. The van der Waals surface area contributed by atoms with Crippen molar-refractivity contribution >= 4 is 11.6 Å². The molecule has 0 aliphatic rings. The predicted octanol–water partition coefficient (Wildman–Crippen LogP) is 2.25. The molecule has 0 aliphatic heterocycles. The lowest BCUT2D eigenvalue weighted by atomic mass is 10.2. The Labute approximate surface area is 130 Å². The van der Waals surface area contributed by atoms with E-state index in [0.29, 0.717) is 32.7 Å². The molecule has 1 amide bonds. The molecule has 118 valence electrons. The van der Waals surface area contributed by atoms with Crippen LogP contribution in [0.5, 0.6) is 0 Å². The Balaban J connectivity index is 1.76. The lowest BCUT2D eigenvalue weighted by Gasteiger charge is -2.08. The Bertz CT molecular complexity index is 570. The number of anilines is 1. The van der Waals surface area contributed by atoms with E-state index in [-0.39, 0.29) is 5.91 Å². The highest BCUT2D eigenvalue weighted by Crippen LogP contribution is 2.14. The maximum atomic E-state index is 11.9. The van der Waals surface area contributed by atoms with Gasteiger partial charge in [-0.25, -0.2) is 4.68 Å². The number of ether oxygens (including phenoxy) is 2. The minimum absolute atomic E-state index is 0.0204. The Hall–Kier alpha value is -2.18. The molecular formula is C16H21N3O3. The van der Waals surface area contributed by atoms with Gasteiger partial charge in [0.15, 0.2) is 0 Å². The number of benzene rings is 1. The molecule has 2 aromatic rings. The van der Waals surface area contributed by atoms with E-state index in [9.17, 15) is 4.79 Å². The Kier molecular flexibility index (Phi) is 6.60. The first-order chi connectivity index (χ1) is 10.8. The first-order valence-corrected chi connectivity index (χ1v) is 7.26. The van der Waals surface area contributed by atoms with Crippen molar-refractivity contribution in [3.05, 3.63) is 42.7 Å². The summed E-state index contributed by atoms with van der Waals surface area (Å²) in [5.74, 6) is -0.0204. The number of nitrogens with one attached hydrogen (secondary N) is 1. The van der Waals surface area contributed by atoms with Crippen molar-refractivity contribution in [2.75, 3.05) is 32.2 Å². The van der Waals surface area contributed by atoms with Gasteiger partial charge in [-0.1, -0.05) is 6.07 Å². The quantitative estimate of drug-likeness (QED) is 0.722. The van der Waals surface area contributed by atoms with Gasteiger partial charge in [0.05, 0.1) is 18.9 Å².